The fourth-order valence-corrected chi connectivity index (χ4v) is 5.40. The summed E-state index contributed by atoms with van der Waals surface area (Å²) in [6.45, 7) is 5.01. The van der Waals surface area contributed by atoms with Crippen LogP contribution in [0.15, 0.2) is 0 Å². The van der Waals surface area contributed by atoms with Crippen LogP contribution in [0.2, 0.25) is 0 Å². The van der Waals surface area contributed by atoms with Crippen LogP contribution in [-0.2, 0) is 14.2 Å². The van der Waals surface area contributed by atoms with Gasteiger partial charge in [0.25, 0.3) is 0 Å². The van der Waals surface area contributed by atoms with Crippen molar-refractivity contribution in [3.8, 4) is 0 Å². The minimum Gasteiger partial charge on any atom is -0.412 e. The van der Waals surface area contributed by atoms with Gasteiger partial charge in [-0.15, -0.1) is 0 Å². The van der Waals surface area contributed by atoms with Gasteiger partial charge in [0.15, 0.2) is 0 Å². The average molecular weight is 423 g/mol. The van der Waals surface area contributed by atoms with Crippen molar-refractivity contribution in [3.63, 3.8) is 0 Å². The van der Waals surface area contributed by atoms with Crippen LogP contribution >= 0.6 is 7.37 Å². The van der Waals surface area contributed by atoms with E-state index in [0.29, 0.717) is 0 Å². The Morgan fingerprint density at radius 1 is 1.14 bits per heavy atom. The summed E-state index contributed by atoms with van der Waals surface area (Å²) in [4.78, 5) is 34.1. The Bertz CT molecular complexity index is 539. The van der Waals surface area contributed by atoms with Gasteiger partial charge >= 0.3 is 0 Å². The molecule has 0 bridgehead atoms. The molecule has 1 rings (SSSR count). The lowest BCUT2D eigenvalue weighted by Gasteiger charge is -2.25. The molecule has 9 nitrogen and oxygen atoms in total. The van der Waals surface area contributed by atoms with Crippen LogP contribution in [-0.4, -0.2) is 64.3 Å². The van der Waals surface area contributed by atoms with Crippen molar-refractivity contribution in [2.45, 2.75) is 71.1 Å². The van der Waals surface area contributed by atoms with Crippen LogP contribution in [0.4, 0.5) is 0 Å². The summed E-state index contributed by atoms with van der Waals surface area (Å²) < 4.78 is 12.4. The van der Waals surface area contributed by atoms with E-state index in [9.17, 15) is 24.2 Å². The molecule has 1 saturated carbocycles. The van der Waals surface area contributed by atoms with Crippen molar-refractivity contribution in [2.75, 3.05) is 18.9 Å². The highest BCUT2D eigenvalue weighted by molar-refractivity contribution is 7.58. The fourth-order valence-electron chi connectivity index (χ4n) is 3.29. The van der Waals surface area contributed by atoms with Gasteiger partial charge in [-0.3, -0.25) is 14.2 Å². The SMILES string of the molecule is CC(C)[C@H](N)C(=O)N[C@H](C)C(=O)NC[C@@H](O)CP(=O)(O)CC1CCCCC1.O. The number of hydrogen-bond donors (Lipinski definition) is 5. The molecule has 0 aromatic carbocycles. The van der Waals surface area contributed by atoms with E-state index in [1.165, 1.54) is 13.3 Å². The molecule has 0 saturated heterocycles. The number of nitrogens with two attached hydrogens (primary N) is 1. The van der Waals surface area contributed by atoms with Gasteiger partial charge in [-0.05, 0) is 31.6 Å². The van der Waals surface area contributed by atoms with Gasteiger partial charge in [0, 0.05) is 12.7 Å². The Morgan fingerprint density at radius 3 is 2.25 bits per heavy atom. The topological polar surface area (TPSA) is 173 Å². The summed E-state index contributed by atoms with van der Waals surface area (Å²) in [5, 5.41) is 15.1. The maximum Gasteiger partial charge on any atom is 0.242 e. The largest absolute Gasteiger partial charge is 0.412 e. The third kappa shape index (κ3) is 9.98. The first-order valence-electron chi connectivity index (χ1n) is 9.84. The van der Waals surface area contributed by atoms with Crippen LogP contribution < -0.4 is 16.4 Å². The molecule has 0 heterocycles. The Kier molecular flexibility index (Phi) is 12.1. The smallest absolute Gasteiger partial charge is 0.242 e. The Hall–Kier alpha value is -0.990. The Morgan fingerprint density at radius 2 is 1.71 bits per heavy atom. The molecule has 0 radical (unpaired) electrons. The van der Waals surface area contributed by atoms with Crippen LogP contribution in [0.3, 0.4) is 0 Å². The van der Waals surface area contributed by atoms with Gasteiger partial charge in [0.2, 0.25) is 19.2 Å². The molecule has 0 aromatic rings. The second-order valence-corrected chi connectivity index (χ2v) is 10.5. The van der Waals surface area contributed by atoms with Crippen molar-refractivity contribution >= 4 is 19.2 Å². The molecule has 10 heteroatoms. The van der Waals surface area contributed by atoms with E-state index < -0.39 is 37.4 Å². The first kappa shape index (κ1) is 27.0. The summed E-state index contributed by atoms with van der Waals surface area (Å²) in [7, 11) is -3.44. The van der Waals surface area contributed by atoms with Gasteiger partial charge < -0.3 is 31.8 Å². The summed E-state index contributed by atoms with van der Waals surface area (Å²) in [5.41, 5.74) is 5.73. The highest BCUT2D eigenvalue weighted by Gasteiger charge is 2.29. The van der Waals surface area contributed by atoms with Crippen LogP contribution in [0.1, 0.15) is 52.9 Å². The quantitative estimate of drug-likeness (QED) is 0.309. The first-order chi connectivity index (χ1) is 12.5. The molecule has 0 aliphatic heterocycles. The van der Waals surface area contributed by atoms with Crippen LogP contribution in [0.5, 0.6) is 0 Å². The number of amides is 2. The minimum absolute atomic E-state index is 0. The van der Waals surface area contributed by atoms with Gasteiger partial charge in [-0.25, -0.2) is 0 Å². The van der Waals surface area contributed by atoms with Crippen LogP contribution in [0, 0.1) is 11.8 Å². The monoisotopic (exact) mass is 423 g/mol. The number of carbonyl (C=O) groups is 2. The second kappa shape index (κ2) is 12.5. The zero-order chi connectivity index (χ0) is 20.6. The molecule has 1 aliphatic carbocycles. The van der Waals surface area contributed by atoms with E-state index in [0.717, 1.165) is 25.7 Å². The van der Waals surface area contributed by atoms with E-state index >= 15 is 0 Å². The van der Waals surface area contributed by atoms with E-state index in [1.807, 2.05) is 13.8 Å². The highest BCUT2D eigenvalue weighted by Crippen LogP contribution is 2.45. The summed E-state index contributed by atoms with van der Waals surface area (Å²) in [6.07, 6.45) is 4.19. The van der Waals surface area contributed by atoms with Gasteiger partial charge in [0.05, 0.1) is 18.3 Å². The first-order valence-corrected chi connectivity index (χ1v) is 11.9. The van der Waals surface area contributed by atoms with Crippen molar-refractivity contribution in [1.29, 1.82) is 0 Å². The number of rotatable bonds is 10. The van der Waals surface area contributed by atoms with E-state index in [-0.39, 0.29) is 36.2 Å². The summed E-state index contributed by atoms with van der Waals surface area (Å²) in [6, 6.07) is -1.51. The molecule has 2 amide bonds. The molecule has 1 unspecified atom stereocenters. The van der Waals surface area contributed by atoms with E-state index in [1.54, 1.807) is 0 Å². The fraction of sp³-hybridized carbons (Fsp3) is 0.889. The zero-order valence-electron chi connectivity index (χ0n) is 17.2. The third-order valence-electron chi connectivity index (χ3n) is 5.05. The Balaban J connectivity index is 0.00000729. The van der Waals surface area contributed by atoms with Crippen molar-refractivity contribution in [2.24, 2.45) is 17.6 Å². The Labute approximate surface area is 167 Å². The molecule has 8 N–H and O–H groups in total. The van der Waals surface area contributed by atoms with E-state index in [2.05, 4.69) is 10.6 Å². The minimum atomic E-state index is -3.44. The molecule has 1 aliphatic rings. The normalized spacial score (nSPS) is 20.4. The molecule has 166 valence electrons. The second-order valence-electron chi connectivity index (χ2n) is 8.11. The lowest BCUT2D eigenvalue weighted by atomic mass is 9.91. The average Bonchev–Trinajstić information content (AvgIpc) is 2.58. The van der Waals surface area contributed by atoms with Crippen molar-refractivity contribution in [3.05, 3.63) is 0 Å². The van der Waals surface area contributed by atoms with E-state index in [4.69, 9.17) is 5.73 Å². The predicted octanol–water partition coefficient (Wildman–Crippen LogP) is -0.0225. The molecular weight excluding hydrogens is 385 g/mol. The highest BCUT2D eigenvalue weighted by atomic mass is 31.2. The van der Waals surface area contributed by atoms with Gasteiger partial charge in [-0.2, -0.15) is 0 Å². The summed E-state index contributed by atoms with van der Waals surface area (Å²) >= 11 is 0. The lowest BCUT2D eigenvalue weighted by Crippen LogP contribution is -2.52. The molecule has 4 atom stereocenters. The molecular formula is C18H38N3O6P. The standard InChI is InChI=1S/C18H36N3O5P.H2O/c1-12(2)16(19)18(24)21-13(3)17(23)20-9-15(22)11-27(25,26)10-14-7-5-4-6-8-14;/h12-16,22H,4-11,19H2,1-3H3,(H,20,23)(H,21,24)(H,25,26);1H2/t13-,15-,16+;/m1./s1. The predicted molar refractivity (Wildman–Crippen MR) is 109 cm³/mol. The van der Waals surface area contributed by atoms with Crippen molar-refractivity contribution < 1.29 is 29.6 Å². The molecule has 28 heavy (non-hydrogen) atoms. The summed E-state index contributed by atoms with van der Waals surface area (Å²) in [5.74, 6) is -0.694. The van der Waals surface area contributed by atoms with Crippen LogP contribution in [0.25, 0.3) is 0 Å². The molecule has 0 spiro atoms. The van der Waals surface area contributed by atoms with Gasteiger partial charge in [0.1, 0.15) is 6.04 Å². The maximum atomic E-state index is 12.4. The molecule has 0 aromatic heterocycles. The number of aliphatic hydroxyl groups excluding tert-OH is 1. The van der Waals surface area contributed by atoms with Crippen molar-refractivity contribution in [1.82, 2.24) is 10.6 Å². The number of hydrogen-bond acceptors (Lipinski definition) is 5. The number of nitrogens with one attached hydrogen (secondary N) is 2. The van der Waals surface area contributed by atoms with Gasteiger partial charge in [-0.1, -0.05) is 33.1 Å². The molecule has 1 fully saturated rings. The lowest BCUT2D eigenvalue weighted by molar-refractivity contribution is -0.129. The number of aliphatic hydroxyl groups is 1. The number of carbonyl (C=O) groups excluding carboxylic acids is 2. The zero-order valence-corrected chi connectivity index (χ0v) is 18.1. The third-order valence-corrected chi connectivity index (χ3v) is 7.13. The maximum absolute atomic E-state index is 12.4.